The Morgan fingerprint density at radius 1 is 1.53 bits per heavy atom. The summed E-state index contributed by atoms with van der Waals surface area (Å²) < 4.78 is 1.71. The lowest BCUT2D eigenvalue weighted by Crippen LogP contribution is -2.13. The van der Waals surface area contributed by atoms with E-state index in [4.69, 9.17) is 0 Å². The molecular weight excluding hydrogens is 192 g/mol. The zero-order chi connectivity index (χ0) is 11.0. The van der Waals surface area contributed by atoms with Crippen molar-refractivity contribution in [2.75, 3.05) is 0 Å². The smallest absolute Gasteiger partial charge is 0.252 e. The summed E-state index contributed by atoms with van der Waals surface area (Å²) in [7, 11) is 0. The molecule has 0 amide bonds. The minimum absolute atomic E-state index is 0.120. The lowest BCUT2D eigenvalue weighted by atomic mass is 10.1. The van der Waals surface area contributed by atoms with Crippen LogP contribution in [0.25, 0.3) is 5.78 Å². The molecule has 2 aromatic heterocycles. The quantitative estimate of drug-likeness (QED) is 0.794. The van der Waals surface area contributed by atoms with Gasteiger partial charge in [0.1, 0.15) is 5.82 Å². The van der Waals surface area contributed by atoms with Crippen molar-refractivity contribution in [3.8, 4) is 0 Å². The van der Waals surface area contributed by atoms with E-state index in [9.17, 15) is 4.79 Å². The van der Waals surface area contributed by atoms with E-state index in [1.807, 2.05) is 6.92 Å². The molecule has 2 aromatic rings. The predicted octanol–water partition coefficient (Wildman–Crippen LogP) is 0.925. The molecule has 2 heterocycles. The summed E-state index contributed by atoms with van der Waals surface area (Å²) in [5.74, 6) is 1.68. The number of rotatable bonds is 2. The average molecular weight is 206 g/mol. The molecule has 15 heavy (non-hydrogen) atoms. The van der Waals surface area contributed by atoms with Crippen LogP contribution < -0.4 is 5.56 Å². The molecule has 0 saturated heterocycles. The fourth-order valence-corrected chi connectivity index (χ4v) is 1.62. The summed E-state index contributed by atoms with van der Waals surface area (Å²) in [6.07, 6.45) is 0.823. The van der Waals surface area contributed by atoms with Gasteiger partial charge in [0.25, 0.3) is 5.56 Å². The van der Waals surface area contributed by atoms with Crippen molar-refractivity contribution in [1.82, 2.24) is 19.6 Å². The van der Waals surface area contributed by atoms with Gasteiger partial charge < -0.3 is 0 Å². The summed E-state index contributed by atoms with van der Waals surface area (Å²) in [6, 6.07) is 1.58. The van der Waals surface area contributed by atoms with E-state index in [0.29, 0.717) is 17.5 Å². The number of H-pyrrole nitrogens is 1. The highest BCUT2D eigenvalue weighted by molar-refractivity contribution is 5.28. The van der Waals surface area contributed by atoms with Gasteiger partial charge in [-0.3, -0.25) is 9.78 Å². The van der Waals surface area contributed by atoms with Crippen molar-refractivity contribution < 1.29 is 0 Å². The van der Waals surface area contributed by atoms with Gasteiger partial charge in [-0.1, -0.05) is 13.8 Å². The molecule has 0 atom stereocenters. The van der Waals surface area contributed by atoms with E-state index in [2.05, 4.69) is 28.9 Å². The Labute approximate surface area is 87.2 Å². The van der Waals surface area contributed by atoms with E-state index in [-0.39, 0.29) is 5.56 Å². The maximum atomic E-state index is 11.4. The molecule has 0 saturated carbocycles. The monoisotopic (exact) mass is 206 g/mol. The lowest BCUT2D eigenvalue weighted by Gasteiger charge is -2.05. The first-order chi connectivity index (χ1) is 7.06. The van der Waals surface area contributed by atoms with Crippen molar-refractivity contribution >= 4 is 5.78 Å². The number of aryl methyl sites for hydroxylation is 1. The molecule has 2 rings (SSSR count). The summed E-state index contributed by atoms with van der Waals surface area (Å²) in [5, 5.41) is 4.24. The molecule has 5 nitrogen and oxygen atoms in total. The summed E-state index contributed by atoms with van der Waals surface area (Å²) >= 11 is 0. The second-order valence-electron chi connectivity index (χ2n) is 4.12. The molecule has 80 valence electrons. The molecule has 0 aliphatic rings. The normalized spacial score (nSPS) is 11.5. The summed E-state index contributed by atoms with van der Waals surface area (Å²) in [6.45, 7) is 6.03. The molecule has 5 heteroatoms. The Morgan fingerprint density at radius 3 is 2.93 bits per heavy atom. The molecule has 0 bridgehead atoms. The summed E-state index contributed by atoms with van der Waals surface area (Å²) in [5.41, 5.74) is 0.787. The van der Waals surface area contributed by atoms with Crippen LogP contribution in [0.2, 0.25) is 0 Å². The van der Waals surface area contributed by atoms with E-state index >= 15 is 0 Å². The molecule has 1 N–H and O–H groups in total. The van der Waals surface area contributed by atoms with Crippen LogP contribution in [-0.4, -0.2) is 19.6 Å². The topological polar surface area (TPSA) is 63.0 Å². The maximum absolute atomic E-state index is 11.4. The fourth-order valence-electron chi connectivity index (χ4n) is 1.62. The number of hydrogen-bond acceptors (Lipinski definition) is 3. The highest BCUT2D eigenvalue weighted by Crippen LogP contribution is 2.06. The van der Waals surface area contributed by atoms with Crippen molar-refractivity contribution in [1.29, 1.82) is 0 Å². The van der Waals surface area contributed by atoms with Gasteiger partial charge in [-0.05, 0) is 19.3 Å². The Kier molecular flexibility index (Phi) is 2.30. The van der Waals surface area contributed by atoms with Crippen LogP contribution in [0.3, 0.4) is 0 Å². The number of fused-ring (bicyclic) bond motifs is 1. The minimum atomic E-state index is -0.120. The van der Waals surface area contributed by atoms with Gasteiger partial charge in [-0.15, -0.1) is 0 Å². The number of nitrogens with one attached hydrogen (secondary N) is 1. The minimum Gasteiger partial charge on any atom is -0.291 e. The van der Waals surface area contributed by atoms with Gasteiger partial charge in [0, 0.05) is 6.07 Å². The van der Waals surface area contributed by atoms with Crippen molar-refractivity contribution in [3.05, 3.63) is 27.9 Å². The van der Waals surface area contributed by atoms with Gasteiger partial charge >= 0.3 is 0 Å². The summed E-state index contributed by atoms with van der Waals surface area (Å²) in [4.78, 5) is 18.2. The largest absolute Gasteiger partial charge is 0.291 e. The third kappa shape index (κ3) is 1.91. The molecule has 0 aliphatic heterocycles. The molecule has 0 aliphatic carbocycles. The first-order valence-electron chi connectivity index (χ1n) is 5.02. The second-order valence-corrected chi connectivity index (χ2v) is 4.12. The van der Waals surface area contributed by atoms with E-state index in [1.54, 1.807) is 10.6 Å². The van der Waals surface area contributed by atoms with E-state index in [0.717, 1.165) is 12.1 Å². The van der Waals surface area contributed by atoms with E-state index in [1.165, 1.54) is 0 Å². The highest BCUT2D eigenvalue weighted by atomic mass is 16.1. The molecule has 0 radical (unpaired) electrons. The maximum Gasteiger partial charge on any atom is 0.252 e. The van der Waals surface area contributed by atoms with Gasteiger partial charge in [0.2, 0.25) is 5.78 Å². The third-order valence-electron chi connectivity index (χ3n) is 2.14. The Hall–Kier alpha value is -1.65. The number of hydrogen-bond donors (Lipinski definition) is 1. The first-order valence-corrected chi connectivity index (χ1v) is 5.02. The van der Waals surface area contributed by atoms with Gasteiger partial charge in [0.15, 0.2) is 0 Å². The standard InChI is InChI=1S/C10H14N4O/c1-6(2)4-8-5-9(15)12-10-11-7(3)13-14(8)10/h5-6H,4H2,1-3H3,(H,11,12,13,15). The number of aromatic nitrogens is 4. The van der Waals surface area contributed by atoms with Gasteiger partial charge in [-0.25, -0.2) is 4.52 Å². The SMILES string of the molecule is Cc1nc2[nH]c(=O)cc(CC(C)C)n2n1. The number of aromatic amines is 1. The number of nitrogens with zero attached hydrogens (tertiary/aromatic N) is 3. The lowest BCUT2D eigenvalue weighted by molar-refractivity contribution is 0.617. The van der Waals surface area contributed by atoms with Crippen LogP contribution in [0.15, 0.2) is 10.9 Å². The zero-order valence-corrected chi connectivity index (χ0v) is 9.11. The second kappa shape index (κ2) is 3.49. The van der Waals surface area contributed by atoms with Crippen molar-refractivity contribution in [2.45, 2.75) is 27.2 Å². The van der Waals surface area contributed by atoms with Crippen molar-refractivity contribution in [3.63, 3.8) is 0 Å². The fraction of sp³-hybridized carbons (Fsp3) is 0.500. The Morgan fingerprint density at radius 2 is 2.27 bits per heavy atom. The average Bonchev–Trinajstić information content (AvgIpc) is 2.44. The predicted molar refractivity (Wildman–Crippen MR) is 56.9 cm³/mol. The van der Waals surface area contributed by atoms with E-state index < -0.39 is 0 Å². The molecule has 0 spiro atoms. The highest BCUT2D eigenvalue weighted by Gasteiger charge is 2.08. The van der Waals surface area contributed by atoms with Crippen LogP contribution in [0, 0.1) is 12.8 Å². The molecular formula is C10H14N4O. The Bertz CT molecular complexity index is 538. The van der Waals surface area contributed by atoms with Crippen LogP contribution in [0.4, 0.5) is 0 Å². The van der Waals surface area contributed by atoms with Gasteiger partial charge in [0.05, 0.1) is 5.69 Å². The van der Waals surface area contributed by atoms with Crippen LogP contribution in [-0.2, 0) is 6.42 Å². The Balaban J connectivity index is 2.65. The van der Waals surface area contributed by atoms with Crippen LogP contribution >= 0.6 is 0 Å². The van der Waals surface area contributed by atoms with Gasteiger partial charge in [-0.2, -0.15) is 10.1 Å². The molecule has 0 fully saturated rings. The first kappa shape index (κ1) is 9.89. The zero-order valence-electron chi connectivity index (χ0n) is 9.11. The van der Waals surface area contributed by atoms with Crippen LogP contribution in [0.5, 0.6) is 0 Å². The van der Waals surface area contributed by atoms with Crippen molar-refractivity contribution in [2.24, 2.45) is 5.92 Å². The molecule has 0 unspecified atom stereocenters. The van der Waals surface area contributed by atoms with Crippen LogP contribution in [0.1, 0.15) is 25.4 Å². The third-order valence-corrected chi connectivity index (χ3v) is 2.14. The molecule has 0 aromatic carbocycles.